The molecule has 0 aliphatic heterocycles. The Morgan fingerprint density at radius 2 is 1.85 bits per heavy atom. The van der Waals surface area contributed by atoms with Gasteiger partial charge < -0.3 is 15.5 Å². The molecule has 7 heteroatoms. The van der Waals surface area contributed by atoms with Gasteiger partial charge >= 0.3 is 0 Å². The summed E-state index contributed by atoms with van der Waals surface area (Å²) in [5.41, 5.74) is 1.68. The molecule has 0 aliphatic carbocycles. The summed E-state index contributed by atoms with van der Waals surface area (Å²) >= 11 is 5.82. The number of anilines is 2. The standard InChI is InChI=1S/C19H19ClN4O2/c1-13(19(26)23-17-5-3-4-14(10-17)11-21)24(2)12-18(25)22-16-8-6-15(20)7-9-16/h3-10,13H,12H2,1-2H3,(H,22,25)(H,23,26)/p+1/t13-/m0/s1. The number of hydrogen-bond acceptors (Lipinski definition) is 3. The minimum absolute atomic E-state index is 0.134. The fraction of sp³-hybridized carbons (Fsp3) is 0.211. The summed E-state index contributed by atoms with van der Waals surface area (Å²) < 4.78 is 0. The second kappa shape index (κ2) is 8.99. The van der Waals surface area contributed by atoms with Gasteiger partial charge in [-0.2, -0.15) is 5.26 Å². The van der Waals surface area contributed by atoms with Gasteiger partial charge in [-0.25, -0.2) is 0 Å². The zero-order valence-electron chi connectivity index (χ0n) is 14.5. The lowest BCUT2D eigenvalue weighted by Gasteiger charge is -2.20. The van der Waals surface area contributed by atoms with E-state index in [1.165, 1.54) is 0 Å². The number of nitriles is 1. The van der Waals surface area contributed by atoms with Crippen LogP contribution in [-0.4, -0.2) is 31.4 Å². The number of rotatable bonds is 6. The first-order chi connectivity index (χ1) is 12.4. The molecule has 134 valence electrons. The number of likely N-dealkylation sites (N-methyl/N-ethyl adjacent to an activating group) is 1. The fourth-order valence-corrected chi connectivity index (χ4v) is 2.41. The van der Waals surface area contributed by atoms with Crippen LogP contribution >= 0.6 is 11.6 Å². The van der Waals surface area contributed by atoms with Gasteiger partial charge in [0.1, 0.15) is 0 Å². The van der Waals surface area contributed by atoms with Crippen LogP contribution in [0.4, 0.5) is 11.4 Å². The third-order valence-corrected chi connectivity index (χ3v) is 4.21. The minimum Gasteiger partial charge on any atom is -0.321 e. The number of carbonyl (C=O) groups is 2. The molecule has 1 unspecified atom stereocenters. The van der Waals surface area contributed by atoms with Crippen molar-refractivity contribution < 1.29 is 14.5 Å². The highest BCUT2D eigenvalue weighted by Crippen LogP contribution is 2.13. The lowest BCUT2D eigenvalue weighted by atomic mass is 10.2. The number of nitrogens with one attached hydrogen (secondary N) is 3. The first kappa shape index (κ1) is 19.4. The third-order valence-electron chi connectivity index (χ3n) is 3.96. The highest BCUT2D eigenvalue weighted by molar-refractivity contribution is 6.30. The number of quaternary nitrogens is 1. The maximum absolute atomic E-state index is 12.4. The number of nitrogens with zero attached hydrogens (tertiary/aromatic N) is 1. The van der Waals surface area contributed by atoms with E-state index in [9.17, 15) is 9.59 Å². The number of benzene rings is 2. The topological polar surface area (TPSA) is 86.4 Å². The van der Waals surface area contributed by atoms with Crippen molar-refractivity contribution in [2.75, 3.05) is 24.2 Å². The van der Waals surface area contributed by atoms with Crippen molar-refractivity contribution in [3.63, 3.8) is 0 Å². The average molecular weight is 372 g/mol. The van der Waals surface area contributed by atoms with Gasteiger partial charge in [0, 0.05) is 16.4 Å². The molecule has 0 aliphatic rings. The van der Waals surface area contributed by atoms with Crippen molar-refractivity contribution in [1.29, 1.82) is 5.26 Å². The van der Waals surface area contributed by atoms with Gasteiger partial charge in [0.25, 0.3) is 11.8 Å². The largest absolute Gasteiger partial charge is 0.321 e. The second-order valence-corrected chi connectivity index (χ2v) is 6.42. The number of hydrogen-bond donors (Lipinski definition) is 3. The monoisotopic (exact) mass is 371 g/mol. The molecule has 2 atom stereocenters. The first-order valence-corrected chi connectivity index (χ1v) is 8.45. The summed E-state index contributed by atoms with van der Waals surface area (Å²) in [5, 5.41) is 15.0. The number of amides is 2. The van der Waals surface area contributed by atoms with Gasteiger partial charge in [-0.3, -0.25) is 9.59 Å². The molecule has 0 bridgehead atoms. The van der Waals surface area contributed by atoms with E-state index in [1.807, 2.05) is 6.07 Å². The number of halogens is 1. The Bertz CT molecular complexity index is 830. The lowest BCUT2D eigenvalue weighted by Crippen LogP contribution is -3.14. The predicted molar refractivity (Wildman–Crippen MR) is 101 cm³/mol. The molecule has 2 amide bonds. The highest BCUT2D eigenvalue weighted by atomic mass is 35.5. The van der Waals surface area contributed by atoms with Gasteiger partial charge in [0.2, 0.25) is 0 Å². The molecule has 26 heavy (non-hydrogen) atoms. The predicted octanol–water partition coefficient (Wildman–Crippen LogP) is 1.69. The SMILES string of the molecule is C[C@@H](C(=O)Nc1cccc(C#N)c1)[NH+](C)CC(=O)Nc1ccc(Cl)cc1. The molecule has 0 heterocycles. The van der Waals surface area contributed by atoms with Crippen LogP contribution in [0.25, 0.3) is 0 Å². The normalized spacial score (nSPS) is 12.5. The van der Waals surface area contributed by atoms with E-state index in [0.717, 1.165) is 4.90 Å². The highest BCUT2D eigenvalue weighted by Gasteiger charge is 2.24. The van der Waals surface area contributed by atoms with Crippen LogP contribution in [0.5, 0.6) is 0 Å². The van der Waals surface area contributed by atoms with Gasteiger partial charge in [-0.1, -0.05) is 17.7 Å². The van der Waals surface area contributed by atoms with Crippen LogP contribution in [0.15, 0.2) is 48.5 Å². The van der Waals surface area contributed by atoms with Crippen molar-refractivity contribution >= 4 is 34.8 Å². The van der Waals surface area contributed by atoms with Crippen molar-refractivity contribution in [1.82, 2.24) is 0 Å². The molecule has 2 aromatic carbocycles. The Kier molecular flexibility index (Phi) is 6.73. The molecular formula is C19H20ClN4O2+. The Hall–Kier alpha value is -2.88. The number of carbonyl (C=O) groups excluding carboxylic acids is 2. The molecule has 0 spiro atoms. The van der Waals surface area contributed by atoms with Gasteiger partial charge in [0.15, 0.2) is 12.6 Å². The van der Waals surface area contributed by atoms with Crippen LogP contribution in [0.1, 0.15) is 12.5 Å². The van der Waals surface area contributed by atoms with Crippen molar-refractivity contribution in [3.05, 3.63) is 59.1 Å². The van der Waals surface area contributed by atoms with Crippen LogP contribution in [0.3, 0.4) is 0 Å². The molecule has 2 rings (SSSR count). The zero-order chi connectivity index (χ0) is 19.1. The van der Waals surface area contributed by atoms with Crippen molar-refractivity contribution in [2.24, 2.45) is 0 Å². The van der Waals surface area contributed by atoms with E-state index in [2.05, 4.69) is 10.6 Å². The van der Waals surface area contributed by atoms with E-state index in [1.54, 1.807) is 62.5 Å². The Morgan fingerprint density at radius 3 is 2.50 bits per heavy atom. The van der Waals surface area contributed by atoms with Crippen LogP contribution in [0.2, 0.25) is 5.02 Å². The molecule has 2 aromatic rings. The summed E-state index contributed by atoms with van der Waals surface area (Å²) in [6, 6.07) is 15.1. The summed E-state index contributed by atoms with van der Waals surface area (Å²) in [6.07, 6.45) is 0. The average Bonchev–Trinajstić information content (AvgIpc) is 2.63. The van der Waals surface area contributed by atoms with E-state index in [0.29, 0.717) is 22.0 Å². The van der Waals surface area contributed by atoms with E-state index >= 15 is 0 Å². The summed E-state index contributed by atoms with van der Waals surface area (Å²) in [6.45, 7) is 1.88. The summed E-state index contributed by atoms with van der Waals surface area (Å²) in [7, 11) is 1.78. The molecule has 0 radical (unpaired) electrons. The molecule has 0 aromatic heterocycles. The smallest absolute Gasteiger partial charge is 0.282 e. The molecule has 0 saturated heterocycles. The summed E-state index contributed by atoms with van der Waals surface area (Å²) in [4.78, 5) is 25.3. The van der Waals surface area contributed by atoms with Gasteiger partial charge in [-0.15, -0.1) is 0 Å². The van der Waals surface area contributed by atoms with Crippen molar-refractivity contribution in [3.8, 4) is 6.07 Å². The Labute approximate surface area is 157 Å². The Morgan fingerprint density at radius 1 is 1.15 bits per heavy atom. The van der Waals surface area contributed by atoms with Crippen LogP contribution in [-0.2, 0) is 9.59 Å². The zero-order valence-corrected chi connectivity index (χ0v) is 15.3. The molecule has 0 saturated carbocycles. The van der Waals surface area contributed by atoms with E-state index in [4.69, 9.17) is 16.9 Å². The van der Waals surface area contributed by atoms with Crippen LogP contribution < -0.4 is 15.5 Å². The van der Waals surface area contributed by atoms with E-state index < -0.39 is 6.04 Å². The third kappa shape index (κ3) is 5.59. The molecule has 6 nitrogen and oxygen atoms in total. The second-order valence-electron chi connectivity index (χ2n) is 5.98. The van der Waals surface area contributed by atoms with Crippen molar-refractivity contribution in [2.45, 2.75) is 13.0 Å². The van der Waals surface area contributed by atoms with Gasteiger partial charge in [0.05, 0.1) is 18.7 Å². The molecule has 3 N–H and O–H groups in total. The van der Waals surface area contributed by atoms with Crippen LogP contribution in [0, 0.1) is 11.3 Å². The maximum Gasteiger partial charge on any atom is 0.282 e. The minimum atomic E-state index is -0.447. The summed E-state index contributed by atoms with van der Waals surface area (Å²) in [5.74, 6) is -0.423. The lowest BCUT2D eigenvalue weighted by molar-refractivity contribution is -0.885. The molecular weight excluding hydrogens is 352 g/mol. The van der Waals surface area contributed by atoms with E-state index in [-0.39, 0.29) is 18.4 Å². The quantitative estimate of drug-likeness (QED) is 0.722. The Balaban J connectivity index is 1.90. The first-order valence-electron chi connectivity index (χ1n) is 8.08. The van der Waals surface area contributed by atoms with Gasteiger partial charge in [-0.05, 0) is 49.4 Å². The molecule has 0 fully saturated rings. The maximum atomic E-state index is 12.4. The fourth-order valence-electron chi connectivity index (χ4n) is 2.29.